The molecule has 2 heteroatoms. The van der Waals surface area contributed by atoms with E-state index in [-0.39, 0.29) is 0 Å². The van der Waals surface area contributed by atoms with Gasteiger partial charge in [-0.1, -0.05) is 27.7 Å². The van der Waals surface area contributed by atoms with E-state index in [1.54, 1.807) is 0 Å². The molecule has 80 valence electrons. The standard InChI is InChI=1S/C11H25NO/c1-10(2)5-6-12-7-8-13-9-11(3)4/h10-12H,5-9H2,1-4H3. The van der Waals surface area contributed by atoms with Crippen LogP contribution in [0.5, 0.6) is 0 Å². The Bertz CT molecular complexity index is 90.3. The Balaban J connectivity index is 2.92. The van der Waals surface area contributed by atoms with Gasteiger partial charge in [-0.2, -0.15) is 0 Å². The molecule has 0 heterocycles. The molecule has 0 aromatic heterocycles. The normalized spacial score (nSPS) is 11.5. The average molecular weight is 187 g/mol. The molecule has 0 aliphatic carbocycles. The maximum absolute atomic E-state index is 5.44. The number of hydrogen-bond donors (Lipinski definition) is 1. The molecule has 0 unspecified atom stereocenters. The molecule has 0 amide bonds. The van der Waals surface area contributed by atoms with E-state index in [1.165, 1.54) is 6.42 Å². The number of ether oxygens (including phenoxy) is 1. The maximum Gasteiger partial charge on any atom is 0.0591 e. The first-order chi connectivity index (χ1) is 6.13. The van der Waals surface area contributed by atoms with Crippen molar-refractivity contribution in [2.24, 2.45) is 11.8 Å². The first-order valence-corrected chi connectivity index (χ1v) is 5.41. The Morgan fingerprint density at radius 3 is 2.23 bits per heavy atom. The molecule has 2 nitrogen and oxygen atoms in total. The summed E-state index contributed by atoms with van der Waals surface area (Å²) in [5, 5.41) is 3.37. The second-order valence-corrected chi connectivity index (χ2v) is 4.40. The van der Waals surface area contributed by atoms with Crippen LogP contribution in [0.2, 0.25) is 0 Å². The molecule has 0 atom stereocenters. The highest BCUT2D eigenvalue weighted by Gasteiger charge is 1.94. The van der Waals surface area contributed by atoms with E-state index in [4.69, 9.17) is 4.74 Å². The van der Waals surface area contributed by atoms with Crippen molar-refractivity contribution in [2.75, 3.05) is 26.3 Å². The Morgan fingerprint density at radius 1 is 1.00 bits per heavy atom. The highest BCUT2D eigenvalue weighted by molar-refractivity contribution is 4.50. The van der Waals surface area contributed by atoms with Crippen molar-refractivity contribution in [3.8, 4) is 0 Å². The van der Waals surface area contributed by atoms with Crippen LogP contribution in [0.3, 0.4) is 0 Å². The lowest BCUT2D eigenvalue weighted by Gasteiger charge is -2.08. The molecule has 0 aliphatic rings. The molecule has 0 aromatic rings. The Labute approximate surface area is 83.1 Å². The van der Waals surface area contributed by atoms with E-state index < -0.39 is 0 Å². The van der Waals surface area contributed by atoms with E-state index >= 15 is 0 Å². The quantitative estimate of drug-likeness (QED) is 0.589. The molecular formula is C11H25NO. The zero-order valence-electron chi connectivity index (χ0n) is 9.60. The third-order valence-corrected chi connectivity index (χ3v) is 1.77. The summed E-state index contributed by atoms with van der Waals surface area (Å²) in [7, 11) is 0. The fourth-order valence-electron chi connectivity index (χ4n) is 0.979. The van der Waals surface area contributed by atoms with Crippen LogP contribution in [0.4, 0.5) is 0 Å². The SMILES string of the molecule is CC(C)CCNCCOCC(C)C. The summed E-state index contributed by atoms with van der Waals surface area (Å²) in [6, 6.07) is 0. The van der Waals surface area contributed by atoms with E-state index in [2.05, 4.69) is 33.0 Å². The second-order valence-electron chi connectivity index (χ2n) is 4.40. The molecular weight excluding hydrogens is 162 g/mol. The molecule has 0 rings (SSSR count). The van der Waals surface area contributed by atoms with Gasteiger partial charge in [-0.3, -0.25) is 0 Å². The third kappa shape index (κ3) is 11.9. The van der Waals surface area contributed by atoms with Crippen molar-refractivity contribution in [1.29, 1.82) is 0 Å². The van der Waals surface area contributed by atoms with Crippen molar-refractivity contribution in [2.45, 2.75) is 34.1 Å². The fraction of sp³-hybridized carbons (Fsp3) is 1.00. The summed E-state index contributed by atoms with van der Waals surface area (Å²) < 4.78 is 5.44. The van der Waals surface area contributed by atoms with Crippen molar-refractivity contribution in [3.05, 3.63) is 0 Å². The lowest BCUT2D eigenvalue weighted by atomic mass is 10.1. The lowest BCUT2D eigenvalue weighted by Crippen LogP contribution is -2.22. The van der Waals surface area contributed by atoms with Crippen molar-refractivity contribution in [3.63, 3.8) is 0 Å². The summed E-state index contributed by atoms with van der Waals surface area (Å²) in [5.41, 5.74) is 0. The van der Waals surface area contributed by atoms with Crippen molar-refractivity contribution in [1.82, 2.24) is 5.32 Å². The minimum Gasteiger partial charge on any atom is -0.380 e. The van der Waals surface area contributed by atoms with Gasteiger partial charge < -0.3 is 10.1 Å². The van der Waals surface area contributed by atoms with Gasteiger partial charge in [-0.05, 0) is 24.8 Å². The van der Waals surface area contributed by atoms with Crippen LogP contribution in [-0.4, -0.2) is 26.3 Å². The Hall–Kier alpha value is -0.0800. The molecule has 0 aromatic carbocycles. The predicted octanol–water partition coefficient (Wildman–Crippen LogP) is 2.29. The molecule has 0 fully saturated rings. The highest BCUT2D eigenvalue weighted by Crippen LogP contribution is 1.96. The van der Waals surface area contributed by atoms with Crippen LogP contribution in [0, 0.1) is 11.8 Å². The van der Waals surface area contributed by atoms with Crippen molar-refractivity contribution < 1.29 is 4.74 Å². The minimum atomic E-state index is 0.649. The van der Waals surface area contributed by atoms with Gasteiger partial charge in [-0.15, -0.1) is 0 Å². The van der Waals surface area contributed by atoms with Gasteiger partial charge >= 0.3 is 0 Å². The first-order valence-electron chi connectivity index (χ1n) is 5.41. The molecule has 13 heavy (non-hydrogen) atoms. The minimum absolute atomic E-state index is 0.649. The van der Waals surface area contributed by atoms with Gasteiger partial charge in [-0.25, -0.2) is 0 Å². The lowest BCUT2D eigenvalue weighted by molar-refractivity contribution is 0.111. The maximum atomic E-state index is 5.44. The zero-order chi connectivity index (χ0) is 10.1. The van der Waals surface area contributed by atoms with Gasteiger partial charge in [0.15, 0.2) is 0 Å². The van der Waals surface area contributed by atoms with Crippen LogP contribution >= 0.6 is 0 Å². The second kappa shape index (κ2) is 8.52. The third-order valence-electron chi connectivity index (χ3n) is 1.77. The number of hydrogen-bond acceptors (Lipinski definition) is 2. The van der Waals surface area contributed by atoms with Crippen LogP contribution < -0.4 is 5.32 Å². The largest absolute Gasteiger partial charge is 0.380 e. The summed E-state index contributed by atoms with van der Waals surface area (Å²) >= 11 is 0. The Morgan fingerprint density at radius 2 is 1.69 bits per heavy atom. The summed E-state index contributed by atoms with van der Waals surface area (Å²) in [5.74, 6) is 1.44. The predicted molar refractivity (Wildman–Crippen MR) is 58.0 cm³/mol. The molecule has 0 saturated heterocycles. The smallest absolute Gasteiger partial charge is 0.0591 e. The summed E-state index contributed by atoms with van der Waals surface area (Å²) in [6.45, 7) is 12.7. The van der Waals surface area contributed by atoms with Gasteiger partial charge in [0.25, 0.3) is 0 Å². The van der Waals surface area contributed by atoms with E-state index in [0.29, 0.717) is 5.92 Å². The molecule has 0 spiro atoms. The fourth-order valence-corrected chi connectivity index (χ4v) is 0.979. The van der Waals surface area contributed by atoms with E-state index in [1.807, 2.05) is 0 Å². The summed E-state index contributed by atoms with van der Waals surface area (Å²) in [4.78, 5) is 0. The highest BCUT2D eigenvalue weighted by atomic mass is 16.5. The zero-order valence-corrected chi connectivity index (χ0v) is 9.60. The monoisotopic (exact) mass is 187 g/mol. The van der Waals surface area contributed by atoms with Crippen LogP contribution in [0.25, 0.3) is 0 Å². The van der Waals surface area contributed by atoms with E-state index in [9.17, 15) is 0 Å². The average Bonchev–Trinajstić information content (AvgIpc) is 2.01. The van der Waals surface area contributed by atoms with E-state index in [0.717, 1.165) is 32.2 Å². The van der Waals surface area contributed by atoms with Crippen LogP contribution in [0.1, 0.15) is 34.1 Å². The van der Waals surface area contributed by atoms with Gasteiger partial charge in [0.2, 0.25) is 0 Å². The van der Waals surface area contributed by atoms with Crippen LogP contribution in [0.15, 0.2) is 0 Å². The number of nitrogens with one attached hydrogen (secondary N) is 1. The van der Waals surface area contributed by atoms with Gasteiger partial charge in [0, 0.05) is 13.2 Å². The molecule has 1 N–H and O–H groups in total. The van der Waals surface area contributed by atoms with Gasteiger partial charge in [0.05, 0.1) is 6.61 Å². The van der Waals surface area contributed by atoms with Crippen molar-refractivity contribution >= 4 is 0 Å². The molecule has 0 aliphatic heterocycles. The van der Waals surface area contributed by atoms with Gasteiger partial charge in [0.1, 0.15) is 0 Å². The Kier molecular flexibility index (Phi) is 8.46. The number of rotatable bonds is 8. The topological polar surface area (TPSA) is 21.3 Å². The molecule has 0 bridgehead atoms. The first kappa shape index (κ1) is 12.9. The van der Waals surface area contributed by atoms with Crippen LogP contribution in [-0.2, 0) is 4.74 Å². The summed E-state index contributed by atoms with van der Waals surface area (Å²) in [6.07, 6.45) is 1.25. The molecule has 0 radical (unpaired) electrons. The molecule has 0 saturated carbocycles.